The minimum Gasteiger partial charge on any atom is -0.341 e. The van der Waals surface area contributed by atoms with Crippen LogP contribution in [0.1, 0.15) is 22.8 Å². The lowest BCUT2D eigenvalue weighted by atomic mass is 10.2. The number of nitrogens with one attached hydrogen (secondary N) is 2. The third-order valence-corrected chi connectivity index (χ3v) is 3.18. The number of benzene rings is 2. The van der Waals surface area contributed by atoms with Crippen molar-refractivity contribution >= 4 is 17.5 Å². The standard InChI is InChI=1S/C17H18N2O2/c1-12-8-6-7-11-15(12)19-16(20)13(2)18-17(21)14-9-4-3-5-10-14/h3-11,13H,1-2H3,(H,18,21)(H,19,20)/t13-/m1/s1. The summed E-state index contributed by atoms with van der Waals surface area (Å²) in [4.78, 5) is 24.1. The van der Waals surface area contributed by atoms with Crippen molar-refractivity contribution in [1.82, 2.24) is 5.32 Å². The Hall–Kier alpha value is -2.62. The first-order chi connectivity index (χ1) is 10.1. The van der Waals surface area contributed by atoms with Gasteiger partial charge in [-0.1, -0.05) is 36.4 Å². The van der Waals surface area contributed by atoms with Gasteiger partial charge in [-0.25, -0.2) is 0 Å². The van der Waals surface area contributed by atoms with Gasteiger partial charge in [0.25, 0.3) is 5.91 Å². The number of hydrogen-bond donors (Lipinski definition) is 2. The van der Waals surface area contributed by atoms with Crippen molar-refractivity contribution in [3.8, 4) is 0 Å². The summed E-state index contributed by atoms with van der Waals surface area (Å²) in [5, 5.41) is 5.50. The molecular weight excluding hydrogens is 264 g/mol. The Morgan fingerprint density at radius 1 is 0.952 bits per heavy atom. The summed E-state index contributed by atoms with van der Waals surface area (Å²) in [6, 6.07) is 15.7. The first kappa shape index (κ1) is 14.8. The zero-order valence-electron chi connectivity index (χ0n) is 12.1. The lowest BCUT2D eigenvalue weighted by Crippen LogP contribution is -2.41. The highest BCUT2D eigenvalue weighted by molar-refractivity contribution is 6.01. The SMILES string of the molecule is Cc1ccccc1NC(=O)[C@@H](C)NC(=O)c1ccccc1. The number of aryl methyl sites for hydroxylation is 1. The average molecular weight is 282 g/mol. The van der Waals surface area contributed by atoms with Crippen LogP contribution >= 0.6 is 0 Å². The van der Waals surface area contributed by atoms with E-state index in [9.17, 15) is 9.59 Å². The van der Waals surface area contributed by atoms with Crippen LogP contribution in [-0.2, 0) is 4.79 Å². The molecule has 0 bridgehead atoms. The summed E-state index contributed by atoms with van der Waals surface area (Å²) in [5.41, 5.74) is 2.27. The zero-order chi connectivity index (χ0) is 15.2. The summed E-state index contributed by atoms with van der Waals surface area (Å²) in [7, 11) is 0. The molecule has 2 aromatic rings. The summed E-state index contributed by atoms with van der Waals surface area (Å²) in [6.07, 6.45) is 0. The van der Waals surface area contributed by atoms with Gasteiger partial charge in [-0.15, -0.1) is 0 Å². The van der Waals surface area contributed by atoms with E-state index in [1.54, 1.807) is 31.2 Å². The van der Waals surface area contributed by atoms with Crippen molar-refractivity contribution in [1.29, 1.82) is 0 Å². The molecule has 2 aromatic carbocycles. The van der Waals surface area contributed by atoms with Crippen LogP contribution in [0.3, 0.4) is 0 Å². The number of hydrogen-bond acceptors (Lipinski definition) is 2. The predicted molar refractivity (Wildman–Crippen MR) is 83.2 cm³/mol. The molecule has 0 radical (unpaired) electrons. The van der Waals surface area contributed by atoms with Gasteiger partial charge in [-0.05, 0) is 37.6 Å². The van der Waals surface area contributed by atoms with Crippen molar-refractivity contribution in [3.63, 3.8) is 0 Å². The van der Waals surface area contributed by atoms with E-state index in [4.69, 9.17) is 0 Å². The van der Waals surface area contributed by atoms with Gasteiger partial charge in [-0.2, -0.15) is 0 Å². The number of anilines is 1. The van der Waals surface area contributed by atoms with Crippen molar-refractivity contribution in [2.24, 2.45) is 0 Å². The van der Waals surface area contributed by atoms with Gasteiger partial charge in [0.1, 0.15) is 6.04 Å². The Morgan fingerprint density at radius 2 is 1.57 bits per heavy atom. The molecule has 0 fully saturated rings. The fraction of sp³-hybridized carbons (Fsp3) is 0.176. The van der Waals surface area contributed by atoms with Crippen LogP contribution in [-0.4, -0.2) is 17.9 Å². The summed E-state index contributed by atoms with van der Waals surface area (Å²) in [6.45, 7) is 3.58. The molecule has 108 valence electrons. The second-order valence-corrected chi connectivity index (χ2v) is 4.87. The largest absolute Gasteiger partial charge is 0.341 e. The molecule has 0 saturated heterocycles. The topological polar surface area (TPSA) is 58.2 Å². The number of carbonyl (C=O) groups is 2. The first-order valence-electron chi connectivity index (χ1n) is 6.80. The number of amides is 2. The van der Waals surface area contributed by atoms with Gasteiger partial charge in [0.05, 0.1) is 0 Å². The fourth-order valence-electron chi connectivity index (χ4n) is 1.89. The summed E-state index contributed by atoms with van der Waals surface area (Å²) in [5.74, 6) is -0.503. The van der Waals surface area contributed by atoms with Gasteiger partial charge in [0.2, 0.25) is 5.91 Å². The first-order valence-corrected chi connectivity index (χ1v) is 6.80. The van der Waals surface area contributed by atoms with Crippen molar-refractivity contribution in [2.75, 3.05) is 5.32 Å². The molecule has 4 nitrogen and oxygen atoms in total. The molecule has 2 N–H and O–H groups in total. The van der Waals surface area contributed by atoms with Crippen LogP contribution in [0.5, 0.6) is 0 Å². The fourth-order valence-corrected chi connectivity index (χ4v) is 1.89. The Morgan fingerprint density at radius 3 is 2.24 bits per heavy atom. The maximum Gasteiger partial charge on any atom is 0.251 e. The molecule has 0 saturated carbocycles. The third kappa shape index (κ3) is 3.92. The number of rotatable bonds is 4. The molecule has 0 aliphatic heterocycles. The maximum absolute atomic E-state index is 12.1. The maximum atomic E-state index is 12.1. The second kappa shape index (κ2) is 6.70. The Labute approximate surface area is 124 Å². The quantitative estimate of drug-likeness (QED) is 0.906. The highest BCUT2D eigenvalue weighted by Gasteiger charge is 2.16. The van der Waals surface area contributed by atoms with Crippen LogP contribution in [0, 0.1) is 6.92 Å². The van der Waals surface area contributed by atoms with E-state index >= 15 is 0 Å². The summed E-state index contributed by atoms with van der Waals surface area (Å²) >= 11 is 0. The molecule has 0 aromatic heterocycles. The zero-order valence-corrected chi connectivity index (χ0v) is 12.1. The molecule has 0 unspecified atom stereocenters. The van der Waals surface area contributed by atoms with E-state index in [2.05, 4.69) is 10.6 Å². The van der Waals surface area contributed by atoms with Gasteiger partial charge in [0.15, 0.2) is 0 Å². The molecule has 0 spiro atoms. The number of para-hydroxylation sites is 1. The molecule has 2 amide bonds. The second-order valence-electron chi connectivity index (χ2n) is 4.87. The molecule has 21 heavy (non-hydrogen) atoms. The van der Waals surface area contributed by atoms with Gasteiger partial charge in [0, 0.05) is 11.3 Å². The monoisotopic (exact) mass is 282 g/mol. The molecule has 0 aliphatic carbocycles. The lowest BCUT2D eigenvalue weighted by Gasteiger charge is -2.15. The Bertz CT molecular complexity index is 638. The van der Waals surface area contributed by atoms with Crippen LogP contribution in [0.25, 0.3) is 0 Å². The van der Waals surface area contributed by atoms with Gasteiger partial charge >= 0.3 is 0 Å². The average Bonchev–Trinajstić information content (AvgIpc) is 2.50. The Balaban J connectivity index is 1.97. The predicted octanol–water partition coefficient (Wildman–Crippen LogP) is 2.75. The van der Waals surface area contributed by atoms with E-state index in [0.29, 0.717) is 5.56 Å². The van der Waals surface area contributed by atoms with E-state index < -0.39 is 6.04 Å². The van der Waals surface area contributed by atoms with Crippen molar-refractivity contribution in [3.05, 3.63) is 65.7 Å². The molecule has 1 atom stereocenters. The minimum absolute atomic E-state index is 0.242. The van der Waals surface area contributed by atoms with E-state index in [1.807, 2.05) is 37.3 Å². The normalized spacial score (nSPS) is 11.5. The highest BCUT2D eigenvalue weighted by atomic mass is 16.2. The highest BCUT2D eigenvalue weighted by Crippen LogP contribution is 2.13. The van der Waals surface area contributed by atoms with Crippen LogP contribution in [0.15, 0.2) is 54.6 Å². The number of carbonyl (C=O) groups excluding carboxylic acids is 2. The van der Waals surface area contributed by atoms with Crippen LogP contribution in [0.2, 0.25) is 0 Å². The Kier molecular flexibility index (Phi) is 4.72. The molecular formula is C17H18N2O2. The van der Waals surface area contributed by atoms with E-state index in [1.165, 1.54) is 0 Å². The lowest BCUT2D eigenvalue weighted by molar-refractivity contribution is -0.117. The van der Waals surface area contributed by atoms with E-state index in [-0.39, 0.29) is 11.8 Å². The van der Waals surface area contributed by atoms with Crippen LogP contribution in [0.4, 0.5) is 5.69 Å². The van der Waals surface area contributed by atoms with Gasteiger partial charge < -0.3 is 10.6 Å². The summed E-state index contributed by atoms with van der Waals surface area (Å²) < 4.78 is 0. The molecule has 0 heterocycles. The molecule has 2 rings (SSSR count). The molecule has 0 aliphatic rings. The minimum atomic E-state index is -0.614. The van der Waals surface area contributed by atoms with Crippen LogP contribution < -0.4 is 10.6 Å². The van der Waals surface area contributed by atoms with Crippen molar-refractivity contribution in [2.45, 2.75) is 19.9 Å². The van der Waals surface area contributed by atoms with Crippen molar-refractivity contribution < 1.29 is 9.59 Å². The molecule has 4 heteroatoms. The van der Waals surface area contributed by atoms with Gasteiger partial charge in [-0.3, -0.25) is 9.59 Å². The third-order valence-electron chi connectivity index (χ3n) is 3.18. The smallest absolute Gasteiger partial charge is 0.251 e. The van der Waals surface area contributed by atoms with E-state index in [0.717, 1.165) is 11.3 Å².